The smallest absolute Gasteiger partial charge is 0.261 e. The summed E-state index contributed by atoms with van der Waals surface area (Å²) >= 11 is 1.30. The number of hydrogen-bond acceptors (Lipinski definition) is 4. The molecule has 1 aliphatic heterocycles. The summed E-state index contributed by atoms with van der Waals surface area (Å²) in [5, 5.41) is 9.61. The molecule has 0 bridgehead atoms. The maximum absolute atomic E-state index is 11.9. The van der Waals surface area contributed by atoms with Gasteiger partial charge in [0.05, 0.1) is 31.1 Å². The van der Waals surface area contributed by atoms with Crippen LogP contribution in [0.5, 0.6) is 0 Å². The van der Waals surface area contributed by atoms with Crippen molar-refractivity contribution in [2.45, 2.75) is 25.9 Å². The number of benzene rings is 1. The molecule has 1 saturated heterocycles. The summed E-state index contributed by atoms with van der Waals surface area (Å²) in [5.41, 5.74) is 2.34. The van der Waals surface area contributed by atoms with Gasteiger partial charge in [0, 0.05) is 24.9 Å². The molecule has 154 valence electrons. The highest BCUT2D eigenvalue weighted by Gasteiger charge is 2.15. The van der Waals surface area contributed by atoms with E-state index < -0.39 is 5.91 Å². The lowest BCUT2D eigenvalue weighted by Crippen LogP contribution is -3.08. The number of carbonyl (C=O) groups excluding carboxylic acids is 3. The Morgan fingerprint density at radius 1 is 0.862 bits per heavy atom. The SMILES string of the molecule is O=C(CNC(=O)CNC(=O)c1cccs1)NCc1ccc(C[NH+]2CCCC2)cc1. The van der Waals surface area contributed by atoms with Crippen LogP contribution in [0.2, 0.25) is 0 Å². The van der Waals surface area contributed by atoms with Crippen LogP contribution in [0.1, 0.15) is 33.6 Å². The molecule has 0 atom stereocenters. The van der Waals surface area contributed by atoms with Gasteiger partial charge in [0.15, 0.2) is 0 Å². The molecule has 1 fully saturated rings. The number of rotatable bonds is 9. The average Bonchev–Trinajstić information content (AvgIpc) is 3.44. The lowest BCUT2D eigenvalue weighted by atomic mass is 10.1. The van der Waals surface area contributed by atoms with Crippen LogP contribution in [-0.4, -0.2) is 43.9 Å². The third-order valence-electron chi connectivity index (χ3n) is 4.88. The van der Waals surface area contributed by atoms with Crippen LogP contribution in [0.3, 0.4) is 0 Å². The predicted molar refractivity (Wildman–Crippen MR) is 112 cm³/mol. The van der Waals surface area contributed by atoms with Crippen LogP contribution in [0.4, 0.5) is 0 Å². The van der Waals surface area contributed by atoms with Gasteiger partial charge in [-0.1, -0.05) is 30.3 Å². The topological polar surface area (TPSA) is 91.7 Å². The molecule has 0 unspecified atom stereocenters. The zero-order valence-corrected chi connectivity index (χ0v) is 17.1. The van der Waals surface area contributed by atoms with Gasteiger partial charge in [-0.2, -0.15) is 0 Å². The quantitative estimate of drug-likeness (QED) is 0.468. The number of nitrogens with one attached hydrogen (secondary N) is 4. The van der Waals surface area contributed by atoms with Crippen molar-refractivity contribution in [3.8, 4) is 0 Å². The summed E-state index contributed by atoms with van der Waals surface area (Å²) in [4.78, 5) is 37.6. The number of likely N-dealkylation sites (tertiary alicyclic amines) is 1. The molecule has 0 spiro atoms. The second kappa shape index (κ2) is 10.7. The van der Waals surface area contributed by atoms with E-state index in [2.05, 4.69) is 28.1 Å². The zero-order valence-electron chi connectivity index (χ0n) is 16.3. The van der Waals surface area contributed by atoms with Crippen LogP contribution < -0.4 is 20.9 Å². The Bertz CT molecular complexity index is 815. The van der Waals surface area contributed by atoms with Gasteiger partial charge in [0.1, 0.15) is 6.54 Å². The van der Waals surface area contributed by atoms with Crippen molar-refractivity contribution in [3.63, 3.8) is 0 Å². The van der Waals surface area contributed by atoms with Crippen molar-refractivity contribution in [2.24, 2.45) is 0 Å². The Kier molecular flexibility index (Phi) is 7.77. The Hall–Kier alpha value is -2.71. The molecule has 29 heavy (non-hydrogen) atoms. The first kappa shape index (κ1) is 21.0. The van der Waals surface area contributed by atoms with Gasteiger partial charge in [-0.25, -0.2) is 0 Å². The fourth-order valence-electron chi connectivity index (χ4n) is 3.28. The summed E-state index contributed by atoms with van der Waals surface area (Å²) < 4.78 is 0. The van der Waals surface area contributed by atoms with Gasteiger partial charge in [0.2, 0.25) is 11.8 Å². The van der Waals surface area contributed by atoms with Gasteiger partial charge in [-0.3, -0.25) is 14.4 Å². The molecule has 2 aromatic rings. The summed E-state index contributed by atoms with van der Waals surface area (Å²) in [6, 6.07) is 11.8. The summed E-state index contributed by atoms with van der Waals surface area (Å²) in [5.74, 6) is -0.971. The highest BCUT2D eigenvalue weighted by molar-refractivity contribution is 7.12. The van der Waals surface area contributed by atoms with E-state index in [-0.39, 0.29) is 24.9 Å². The van der Waals surface area contributed by atoms with Gasteiger partial charge in [-0.05, 0) is 17.0 Å². The molecule has 3 amide bonds. The second-order valence-electron chi connectivity index (χ2n) is 7.16. The van der Waals surface area contributed by atoms with Crippen molar-refractivity contribution in [3.05, 3.63) is 57.8 Å². The van der Waals surface area contributed by atoms with Crippen molar-refractivity contribution in [1.29, 1.82) is 0 Å². The van der Waals surface area contributed by atoms with Gasteiger partial charge >= 0.3 is 0 Å². The molecular formula is C21H27N4O3S+. The van der Waals surface area contributed by atoms with E-state index in [1.807, 2.05) is 12.1 Å². The molecule has 1 aromatic heterocycles. The van der Waals surface area contributed by atoms with Gasteiger partial charge < -0.3 is 20.9 Å². The minimum Gasteiger partial charge on any atom is -0.350 e. The van der Waals surface area contributed by atoms with E-state index in [1.54, 1.807) is 22.4 Å². The van der Waals surface area contributed by atoms with Crippen LogP contribution >= 0.6 is 11.3 Å². The molecule has 1 aromatic carbocycles. The molecule has 0 saturated carbocycles. The first-order valence-corrected chi connectivity index (χ1v) is 10.7. The highest BCUT2D eigenvalue weighted by Crippen LogP contribution is 2.07. The van der Waals surface area contributed by atoms with Crippen LogP contribution in [0.15, 0.2) is 41.8 Å². The van der Waals surface area contributed by atoms with E-state index in [9.17, 15) is 14.4 Å². The lowest BCUT2D eigenvalue weighted by Gasteiger charge is -2.12. The molecule has 2 heterocycles. The Morgan fingerprint density at radius 2 is 1.52 bits per heavy atom. The molecular weight excluding hydrogens is 388 g/mol. The zero-order chi connectivity index (χ0) is 20.5. The molecule has 8 heteroatoms. The van der Waals surface area contributed by atoms with E-state index in [1.165, 1.54) is 42.8 Å². The number of quaternary nitrogens is 1. The van der Waals surface area contributed by atoms with Crippen LogP contribution in [0.25, 0.3) is 0 Å². The number of amides is 3. The highest BCUT2D eigenvalue weighted by atomic mass is 32.1. The minimum atomic E-state index is -0.404. The largest absolute Gasteiger partial charge is 0.350 e. The van der Waals surface area contributed by atoms with Crippen molar-refractivity contribution >= 4 is 29.1 Å². The minimum absolute atomic E-state index is 0.121. The number of carbonyl (C=O) groups is 3. The fourth-order valence-corrected chi connectivity index (χ4v) is 3.92. The predicted octanol–water partition coefficient (Wildman–Crippen LogP) is 0.0892. The molecule has 0 aliphatic carbocycles. The van der Waals surface area contributed by atoms with E-state index in [0.29, 0.717) is 11.4 Å². The maximum atomic E-state index is 11.9. The van der Waals surface area contributed by atoms with E-state index in [4.69, 9.17) is 0 Å². The number of thiophene rings is 1. The Labute approximate surface area is 174 Å². The number of hydrogen-bond donors (Lipinski definition) is 4. The van der Waals surface area contributed by atoms with Crippen LogP contribution in [0, 0.1) is 0 Å². The van der Waals surface area contributed by atoms with E-state index in [0.717, 1.165) is 12.1 Å². The normalized spacial score (nSPS) is 13.8. The van der Waals surface area contributed by atoms with Gasteiger partial charge in [-0.15, -0.1) is 11.3 Å². The van der Waals surface area contributed by atoms with Crippen molar-refractivity contribution < 1.29 is 19.3 Å². The van der Waals surface area contributed by atoms with Crippen LogP contribution in [-0.2, 0) is 22.7 Å². The average molecular weight is 416 g/mol. The summed E-state index contributed by atoms with van der Waals surface area (Å²) in [6.45, 7) is 3.69. The Balaban J connectivity index is 1.31. The molecule has 4 N–H and O–H groups in total. The monoisotopic (exact) mass is 415 g/mol. The Morgan fingerprint density at radius 3 is 2.21 bits per heavy atom. The van der Waals surface area contributed by atoms with Crippen molar-refractivity contribution in [2.75, 3.05) is 26.2 Å². The summed E-state index contributed by atoms with van der Waals surface area (Å²) in [6.07, 6.45) is 2.63. The van der Waals surface area contributed by atoms with Gasteiger partial charge in [0.25, 0.3) is 5.91 Å². The molecule has 7 nitrogen and oxygen atoms in total. The first-order chi connectivity index (χ1) is 14.1. The molecule has 1 aliphatic rings. The second-order valence-corrected chi connectivity index (χ2v) is 8.11. The third-order valence-corrected chi connectivity index (χ3v) is 5.75. The third kappa shape index (κ3) is 6.99. The van der Waals surface area contributed by atoms with Crippen molar-refractivity contribution in [1.82, 2.24) is 16.0 Å². The van der Waals surface area contributed by atoms with E-state index >= 15 is 0 Å². The summed E-state index contributed by atoms with van der Waals surface area (Å²) in [7, 11) is 0. The first-order valence-electron chi connectivity index (χ1n) is 9.86. The molecule has 3 rings (SSSR count). The lowest BCUT2D eigenvalue weighted by molar-refractivity contribution is -0.901. The fraction of sp³-hybridized carbons (Fsp3) is 0.381. The standard InChI is InChI=1S/C21H26N4O3S/c26-19(13-23-20(27)14-24-21(28)18-4-3-11-29-18)22-12-16-5-7-17(8-6-16)15-25-9-1-2-10-25/h3-8,11H,1-2,9-10,12-15H2,(H,22,26)(H,23,27)(H,24,28)/p+1. The molecule has 0 radical (unpaired) electrons. The maximum Gasteiger partial charge on any atom is 0.261 e.